The maximum Gasteiger partial charge on any atom is 0.225 e. The first-order valence-electron chi connectivity index (χ1n) is 6.46. The third-order valence-corrected chi connectivity index (χ3v) is 3.12. The van der Waals surface area contributed by atoms with Gasteiger partial charge in [-0.1, -0.05) is 55.3 Å². The highest BCUT2D eigenvalue weighted by Crippen LogP contribution is 2.15. The van der Waals surface area contributed by atoms with Crippen molar-refractivity contribution >= 4 is 16.7 Å². The summed E-state index contributed by atoms with van der Waals surface area (Å²) in [5, 5.41) is 5.17. The molecule has 0 saturated heterocycles. The highest BCUT2D eigenvalue weighted by atomic mass is 16.1. The molecule has 1 unspecified atom stereocenters. The second kappa shape index (κ2) is 6.06. The second-order valence-electron chi connectivity index (χ2n) is 4.55. The zero-order chi connectivity index (χ0) is 13.7. The molecule has 1 N–H and O–H groups in total. The highest BCUT2D eigenvalue weighted by Gasteiger charge is 2.08. The van der Waals surface area contributed by atoms with Crippen molar-refractivity contribution in [3.8, 4) is 12.3 Å². The van der Waals surface area contributed by atoms with E-state index in [1.807, 2.05) is 43.3 Å². The molecule has 2 rings (SSSR count). The van der Waals surface area contributed by atoms with Gasteiger partial charge < -0.3 is 5.32 Å². The topological polar surface area (TPSA) is 29.1 Å². The molecule has 0 heterocycles. The summed E-state index contributed by atoms with van der Waals surface area (Å²) in [6.07, 6.45) is 6.45. The van der Waals surface area contributed by atoms with Crippen LogP contribution in [-0.2, 0) is 11.2 Å². The van der Waals surface area contributed by atoms with Gasteiger partial charge in [-0.25, -0.2) is 0 Å². The van der Waals surface area contributed by atoms with Crippen LogP contribution in [0.1, 0.15) is 18.9 Å². The molecule has 0 aliphatic carbocycles. The Labute approximate surface area is 113 Å². The monoisotopic (exact) mass is 251 g/mol. The van der Waals surface area contributed by atoms with Crippen molar-refractivity contribution in [3.63, 3.8) is 0 Å². The van der Waals surface area contributed by atoms with Gasteiger partial charge in [0.2, 0.25) is 5.91 Å². The van der Waals surface area contributed by atoms with Gasteiger partial charge in [0.05, 0.1) is 12.5 Å². The molecule has 19 heavy (non-hydrogen) atoms. The molecule has 2 aromatic rings. The Morgan fingerprint density at radius 3 is 2.68 bits per heavy atom. The molecule has 2 heteroatoms. The van der Waals surface area contributed by atoms with Gasteiger partial charge in [-0.3, -0.25) is 4.79 Å². The van der Waals surface area contributed by atoms with Crippen LogP contribution < -0.4 is 5.32 Å². The molecule has 2 nitrogen and oxygen atoms in total. The second-order valence-corrected chi connectivity index (χ2v) is 4.55. The normalized spacial score (nSPS) is 11.8. The molecular formula is C17H17NO. The summed E-state index contributed by atoms with van der Waals surface area (Å²) in [4.78, 5) is 11.9. The first-order chi connectivity index (χ1) is 9.22. The summed E-state index contributed by atoms with van der Waals surface area (Å²) in [5.41, 5.74) is 1.00. The first kappa shape index (κ1) is 13.2. The SMILES string of the molecule is C#CC(CC)NC(=O)Cc1ccc2ccccc2c1. The van der Waals surface area contributed by atoms with Crippen molar-refractivity contribution in [2.45, 2.75) is 25.8 Å². The molecule has 1 atom stereocenters. The Morgan fingerprint density at radius 1 is 1.26 bits per heavy atom. The Balaban J connectivity index is 2.09. The minimum Gasteiger partial charge on any atom is -0.342 e. The number of terminal acetylenes is 1. The van der Waals surface area contributed by atoms with Crippen molar-refractivity contribution in [2.75, 3.05) is 0 Å². The van der Waals surface area contributed by atoms with Gasteiger partial charge >= 0.3 is 0 Å². The van der Waals surface area contributed by atoms with Crippen LogP contribution in [0.4, 0.5) is 0 Å². The fraction of sp³-hybridized carbons (Fsp3) is 0.235. The zero-order valence-corrected chi connectivity index (χ0v) is 11.0. The van der Waals surface area contributed by atoms with Crippen LogP contribution >= 0.6 is 0 Å². The van der Waals surface area contributed by atoms with Crippen molar-refractivity contribution < 1.29 is 4.79 Å². The maximum atomic E-state index is 11.9. The van der Waals surface area contributed by atoms with E-state index in [0.717, 1.165) is 17.4 Å². The summed E-state index contributed by atoms with van der Waals surface area (Å²) < 4.78 is 0. The van der Waals surface area contributed by atoms with Crippen LogP contribution in [0.25, 0.3) is 10.8 Å². The fourth-order valence-corrected chi connectivity index (χ4v) is 2.04. The van der Waals surface area contributed by atoms with Crippen LogP contribution in [0.3, 0.4) is 0 Å². The van der Waals surface area contributed by atoms with Gasteiger partial charge in [-0.15, -0.1) is 6.42 Å². The van der Waals surface area contributed by atoms with Gasteiger partial charge in [-0.2, -0.15) is 0 Å². The number of fused-ring (bicyclic) bond motifs is 1. The number of hydrogen-bond acceptors (Lipinski definition) is 1. The smallest absolute Gasteiger partial charge is 0.225 e. The molecule has 0 spiro atoms. The van der Waals surface area contributed by atoms with Gasteiger partial charge in [0, 0.05) is 0 Å². The standard InChI is InChI=1S/C17H17NO/c1-3-16(4-2)18-17(19)12-13-9-10-14-7-5-6-8-15(14)11-13/h1,5-11,16H,4,12H2,2H3,(H,18,19). The fourth-order valence-electron chi connectivity index (χ4n) is 2.04. The maximum absolute atomic E-state index is 11.9. The van der Waals surface area contributed by atoms with Crippen molar-refractivity contribution in [3.05, 3.63) is 48.0 Å². The van der Waals surface area contributed by atoms with E-state index in [1.54, 1.807) is 0 Å². The summed E-state index contributed by atoms with van der Waals surface area (Å²) in [6, 6.07) is 14.0. The lowest BCUT2D eigenvalue weighted by Gasteiger charge is -2.10. The van der Waals surface area contributed by atoms with E-state index in [9.17, 15) is 4.79 Å². The molecule has 0 aliphatic rings. The molecule has 0 aliphatic heterocycles. The zero-order valence-electron chi connectivity index (χ0n) is 11.0. The van der Waals surface area contributed by atoms with Crippen LogP contribution in [0.5, 0.6) is 0 Å². The number of nitrogens with one attached hydrogen (secondary N) is 1. The molecule has 2 aromatic carbocycles. The number of rotatable bonds is 4. The average molecular weight is 251 g/mol. The van der Waals surface area contributed by atoms with Crippen LogP contribution in [0, 0.1) is 12.3 Å². The Hall–Kier alpha value is -2.27. The van der Waals surface area contributed by atoms with E-state index in [1.165, 1.54) is 5.39 Å². The van der Waals surface area contributed by atoms with Crippen molar-refractivity contribution in [2.24, 2.45) is 0 Å². The third-order valence-electron chi connectivity index (χ3n) is 3.12. The van der Waals surface area contributed by atoms with Crippen LogP contribution in [-0.4, -0.2) is 11.9 Å². The predicted octanol–water partition coefficient (Wildman–Crippen LogP) is 2.91. The van der Waals surface area contributed by atoms with E-state index >= 15 is 0 Å². The Kier molecular flexibility index (Phi) is 4.20. The average Bonchev–Trinajstić information content (AvgIpc) is 2.44. The lowest BCUT2D eigenvalue weighted by molar-refractivity contribution is -0.120. The van der Waals surface area contributed by atoms with E-state index in [4.69, 9.17) is 6.42 Å². The Bertz CT molecular complexity index is 624. The lowest BCUT2D eigenvalue weighted by atomic mass is 10.0. The van der Waals surface area contributed by atoms with Gasteiger partial charge in [0.25, 0.3) is 0 Å². The van der Waals surface area contributed by atoms with E-state index in [0.29, 0.717) is 6.42 Å². The molecule has 0 aromatic heterocycles. The van der Waals surface area contributed by atoms with E-state index in [2.05, 4.69) is 17.3 Å². The Morgan fingerprint density at radius 2 is 2.00 bits per heavy atom. The minimum atomic E-state index is -0.173. The molecule has 0 radical (unpaired) electrons. The van der Waals surface area contributed by atoms with E-state index in [-0.39, 0.29) is 11.9 Å². The summed E-state index contributed by atoms with van der Waals surface area (Å²) in [6.45, 7) is 1.96. The molecule has 0 bridgehead atoms. The van der Waals surface area contributed by atoms with Gasteiger partial charge in [0.1, 0.15) is 0 Å². The first-order valence-corrected chi connectivity index (χ1v) is 6.46. The van der Waals surface area contributed by atoms with Crippen molar-refractivity contribution in [1.29, 1.82) is 0 Å². The molecular weight excluding hydrogens is 234 g/mol. The summed E-state index contributed by atoms with van der Waals surface area (Å²) in [7, 11) is 0. The van der Waals surface area contributed by atoms with Gasteiger partial charge in [0.15, 0.2) is 0 Å². The molecule has 0 saturated carbocycles. The lowest BCUT2D eigenvalue weighted by Crippen LogP contribution is -2.34. The van der Waals surface area contributed by atoms with Crippen LogP contribution in [0.15, 0.2) is 42.5 Å². The molecule has 0 fully saturated rings. The number of benzene rings is 2. The summed E-state index contributed by atoms with van der Waals surface area (Å²) in [5.74, 6) is 2.54. The number of hydrogen-bond donors (Lipinski definition) is 1. The summed E-state index contributed by atoms with van der Waals surface area (Å²) >= 11 is 0. The molecule has 96 valence electrons. The van der Waals surface area contributed by atoms with E-state index < -0.39 is 0 Å². The van der Waals surface area contributed by atoms with Crippen molar-refractivity contribution in [1.82, 2.24) is 5.32 Å². The minimum absolute atomic E-state index is 0.0277. The quantitative estimate of drug-likeness (QED) is 0.832. The largest absolute Gasteiger partial charge is 0.342 e. The third kappa shape index (κ3) is 3.35. The van der Waals surface area contributed by atoms with Gasteiger partial charge in [-0.05, 0) is 22.8 Å². The number of carbonyl (C=O) groups excluding carboxylic acids is 1. The van der Waals surface area contributed by atoms with Crippen LogP contribution in [0.2, 0.25) is 0 Å². The highest BCUT2D eigenvalue weighted by molar-refractivity contribution is 5.85. The molecule has 1 amide bonds. The number of amides is 1. The predicted molar refractivity (Wildman–Crippen MR) is 78.7 cm³/mol. The number of carbonyl (C=O) groups is 1.